The number of aromatic nitrogens is 1. The smallest absolute Gasteiger partial charge is 0.0713 e. The minimum absolute atomic E-state index is 0.653. The zero-order valence-electron chi connectivity index (χ0n) is 10.8. The van der Waals surface area contributed by atoms with E-state index in [9.17, 15) is 0 Å². The normalized spacial score (nSPS) is 10.3. The summed E-state index contributed by atoms with van der Waals surface area (Å²) in [7, 11) is 1.71. The van der Waals surface area contributed by atoms with Gasteiger partial charge >= 0.3 is 0 Å². The largest absolute Gasteiger partial charge is 0.380 e. The van der Waals surface area contributed by atoms with Crippen LogP contribution in [0.25, 0.3) is 0 Å². The lowest BCUT2D eigenvalue weighted by Gasteiger charge is -2.09. The van der Waals surface area contributed by atoms with Gasteiger partial charge in [-0.05, 0) is 30.2 Å². The predicted molar refractivity (Wildman–Crippen MR) is 73.5 cm³/mol. The first kappa shape index (κ1) is 12.6. The van der Waals surface area contributed by atoms with Crippen LogP contribution in [-0.2, 0) is 17.9 Å². The average Bonchev–Trinajstić information content (AvgIpc) is 2.39. The number of nitrogens with one attached hydrogen (secondary N) is 1. The Labute approximate surface area is 108 Å². The Morgan fingerprint density at radius 2 is 2.00 bits per heavy atom. The van der Waals surface area contributed by atoms with E-state index in [1.54, 1.807) is 13.3 Å². The molecule has 0 amide bonds. The summed E-state index contributed by atoms with van der Waals surface area (Å²) in [6.45, 7) is 3.45. The maximum atomic E-state index is 5.13. The van der Waals surface area contributed by atoms with Crippen molar-refractivity contribution < 1.29 is 4.74 Å². The van der Waals surface area contributed by atoms with Crippen molar-refractivity contribution in [1.82, 2.24) is 4.98 Å². The Hall–Kier alpha value is -1.87. The summed E-state index contributed by atoms with van der Waals surface area (Å²) < 4.78 is 5.13. The Morgan fingerprint density at radius 1 is 1.17 bits per heavy atom. The van der Waals surface area contributed by atoms with Crippen LogP contribution >= 0.6 is 0 Å². The first-order valence-corrected chi connectivity index (χ1v) is 6.02. The molecule has 0 aliphatic carbocycles. The number of anilines is 1. The van der Waals surface area contributed by atoms with Crippen molar-refractivity contribution in [2.24, 2.45) is 0 Å². The number of aryl methyl sites for hydroxylation is 1. The van der Waals surface area contributed by atoms with Crippen molar-refractivity contribution in [3.8, 4) is 0 Å². The topological polar surface area (TPSA) is 34.1 Å². The van der Waals surface area contributed by atoms with Crippen molar-refractivity contribution in [2.75, 3.05) is 12.4 Å². The van der Waals surface area contributed by atoms with Crippen LogP contribution in [0.1, 0.15) is 16.8 Å². The summed E-state index contributed by atoms with van der Waals surface area (Å²) in [5.41, 5.74) is 4.53. The SMILES string of the molecule is COCc1cccc(CNc2cccnc2C)c1. The monoisotopic (exact) mass is 242 g/mol. The molecule has 0 saturated heterocycles. The molecule has 3 heteroatoms. The minimum atomic E-state index is 0.653. The molecule has 94 valence electrons. The molecule has 0 aliphatic heterocycles. The van der Waals surface area contributed by atoms with Gasteiger partial charge in [0.1, 0.15) is 0 Å². The van der Waals surface area contributed by atoms with Gasteiger partial charge in [-0.15, -0.1) is 0 Å². The molecule has 0 radical (unpaired) electrons. The number of nitrogens with zero attached hydrogens (tertiary/aromatic N) is 1. The maximum Gasteiger partial charge on any atom is 0.0713 e. The van der Waals surface area contributed by atoms with Gasteiger partial charge in [0.2, 0.25) is 0 Å². The fourth-order valence-corrected chi connectivity index (χ4v) is 1.86. The van der Waals surface area contributed by atoms with Gasteiger partial charge in [0.15, 0.2) is 0 Å². The number of rotatable bonds is 5. The number of methoxy groups -OCH3 is 1. The van der Waals surface area contributed by atoms with Crippen molar-refractivity contribution in [1.29, 1.82) is 0 Å². The van der Waals surface area contributed by atoms with Crippen LogP contribution in [0.3, 0.4) is 0 Å². The van der Waals surface area contributed by atoms with E-state index in [4.69, 9.17) is 4.74 Å². The fraction of sp³-hybridized carbons (Fsp3) is 0.267. The van der Waals surface area contributed by atoms with E-state index in [2.05, 4.69) is 34.6 Å². The predicted octanol–water partition coefficient (Wildman–Crippen LogP) is 3.15. The second-order valence-corrected chi connectivity index (χ2v) is 4.24. The van der Waals surface area contributed by atoms with E-state index in [0.29, 0.717) is 6.61 Å². The van der Waals surface area contributed by atoms with E-state index in [1.165, 1.54) is 11.1 Å². The number of pyridine rings is 1. The van der Waals surface area contributed by atoms with Gasteiger partial charge in [0, 0.05) is 19.9 Å². The molecule has 0 spiro atoms. The molecular formula is C15H18N2O. The fourth-order valence-electron chi connectivity index (χ4n) is 1.86. The van der Waals surface area contributed by atoms with Gasteiger partial charge in [-0.3, -0.25) is 4.98 Å². The molecule has 0 unspecified atom stereocenters. The van der Waals surface area contributed by atoms with Crippen molar-refractivity contribution in [3.05, 3.63) is 59.4 Å². The first-order valence-electron chi connectivity index (χ1n) is 6.02. The van der Waals surface area contributed by atoms with Crippen LogP contribution < -0.4 is 5.32 Å². The third-order valence-electron chi connectivity index (χ3n) is 2.79. The standard InChI is InChI=1S/C15H18N2O/c1-12-15(7-4-8-16-12)17-10-13-5-3-6-14(9-13)11-18-2/h3-9,17H,10-11H2,1-2H3. The molecule has 1 heterocycles. The average molecular weight is 242 g/mol. The van der Waals surface area contributed by atoms with Gasteiger partial charge in [0.25, 0.3) is 0 Å². The number of benzene rings is 1. The first-order chi connectivity index (χ1) is 8.79. The van der Waals surface area contributed by atoms with Crippen molar-refractivity contribution in [3.63, 3.8) is 0 Å². The molecule has 1 aromatic carbocycles. The van der Waals surface area contributed by atoms with Crippen molar-refractivity contribution in [2.45, 2.75) is 20.1 Å². The Kier molecular flexibility index (Phi) is 4.31. The molecule has 3 nitrogen and oxygen atoms in total. The molecule has 1 aromatic heterocycles. The molecule has 0 bridgehead atoms. The number of hydrogen-bond acceptors (Lipinski definition) is 3. The van der Waals surface area contributed by atoms with Crippen molar-refractivity contribution >= 4 is 5.69 Å². The Balaban J connectivity index is 2.02. The van der Waals surface area contributed by atoms with Gasteiger partial charge in [-0.25, -0.2) is 0 Å². The Bertz CT molecular complexity index is 511. The zero-order chi connectivity index (χ0) is 12.8. The molecule has 0 fully saturated rings. The lowest BCUT2D eigenvalue weighted by Crippen LogP contribution is -2.02. The van der Waals surface area contributed by atoms with Crippen LogP contribution in [0.15, 0.2) is 42.6 Å². The number of ether oxygens (including phenoxy) is 1. The van der Waals surface area contributed by atoms with Gasteiger partial charge < -0.3 is 10.1 Å². The van der Waals surface area contributed by atoms with E-state index in [-0.39, 0.29) is 0 Å². The minimum Gasteiger partial charge on any atom is -0.380 e. The lowest BCUT2D eigenvalue weighted by atomic mass is 10.1. The van der Waals surface area contributed by atoms with E-state index < -0.39 is 0 Å². The highest BCUT2D eigenvalue weighted by atomic mass is 16.5. The highest BCUT2D eigenvalue weighted by molar-refractivity contribution is 5.47. The van der Waals surface area contributed by atoms with E-state index in [1.807, 2.05) is 19.1 Å². The molecular weight excluding hydrogens is 224 g/mol. The third kappa shape index (κ3) is 3.31. The van der Waals surface area contributed by atoms with E-state index in [0.717, 1.165) is 17.9 Å². The molecule has 0 aliphatic rings. The highest BCUT2D eigenvalue weighted by Gasteiger charge is 1.99. The summed E-state index contributed by atoms with van der Waals surface area (Å²) >= 11 is 0. The summed E-state index contributed by atoms with van der Waals surface area (Å²) in [5.74, 6) is 0. The third-order valence-corrected chi connectivity index (χ3v) is 2.79. The molecule has 2 rings (SSSR count). The van der Waals surface area contributed by atoms with Crippen LogP contribution in [0.5, 0.6) is 0 Å². The summed E-state index contributed by atoms with van der Waals surface area (Å²) in [4.78, 5) is 4.26. The second kappa shape index (κ2) is 6.17. The second-order valence-electron chi connectivity index (χ2n) is 4.24. The molecule has 0 atom stereocenters. The molecule has 18 heavy (non-hydrogen) atoms. The maximum absolute atomic E-state index is 5.13. The van der Waals surface area contributed by atoms with Crippen LogP contribution in [-0.4, -0.2) is 12.1 Å². The lowest BCUT2D eigenvalue weighted by molar-refractivity contribution is 0.185. The van der Waals surface area contributed by atoms with Crippen LogP contribution in [0.4, 0.5) is 5.69 Å². The highest BCUT2D eigenvalue weighted by Crippen LogP contribution is 2.13. The van der Waals surface area contributed by atoms with Crippen LogP contribution in [0, 0.1) is 6.92 Å². The summed E-state index contributed by atoms with van der Waals surface area (Å²) in [6.07, 6.45) is 1.81. The van der Waals surface area contributed by atoms with Gasteiger partial charge in [0.05, 0.1) is 18.0 Å². The summed E-state index contributed by atoms with van der Waals surface area (Å²) in [5, 5.41) is 3.40. The zero-order valence-corrected chi connectivity index (χ0v) is 10.8. The Morgan fingerprint density at radius 3 is 2.78 bits per heavy atom. The van der Waals surface area contributed by atoms with Gasteiger partial charge in [-0.2, -0.15) is 0 Å². The molecule has 1 N–H and O–H groups in total. The molecule has 2 aromatic rings. The van der Waals surface area contributed by atoms with Crippen LogP contribution in [0.2, 0.25) is 0 Å². The number of hydrogen-bond donors (Lipinski definition) is 1. The quantitative estimate of drug-likeness (QED) is 0.874. The molecule has 0 saturated carbocycles. The summed E-state index contributed by atoms with van der Waals surface area (Å²) in [6, 6.07) is 12.4. The van der Waals surface area contributed by atoms with E-state index >= 15 is 0 Å². The van der Waals surface area contributed by atoms with Gasteiger partial charge in [-0.1, -0.05) is 24.3 Å².